The van der Waals surface area contributed by atoms with E-state index >= 15 is 0 Å². The van der Waals surface area contributed by atoms with Gasteiger partial charge in [0.15, 0.2) is 5.76 Å². The number of halogens is 1. The summed E-state index contributed by atoms with van der Waals surface area (Å²) in [5.74, 6) is 1.37. The summed E-state index contributed by atoms with van der Waals surface area (Å²) in [4.78, 5) is 10.9. The Morgan fingerprint density at radius 1 is 1.50 bits per heavy atom. The molecular formula is C9H7ClN2O2. The molecule has 72 valence electrons. The van der Waals surface area contributed by atoms with Gasteiger partial charge in [-0.2, -0.15) is 5.10 Å². The molecule has 14 heavy (non-hydrogen) atoms. The molecule has 2 aromatic heterocycles. The van der Waals surface area contributed by atoms with Gasteiger partial charge in [0.25, 0.3) is 5.56 Å². The lowest BCUT2D eigenvalue weighted by molar-refractivity contribution is 0.545. The minimum atomic E-state index is -0.404. The average Bonchev–Trinajstić information content (AvgIpc) is 2.57. The monoisotopic (exact) mass is 210 g/mol. The fourth-order valence-corrected chi connectivity index (χ4v) is 1.23. The van der Waals surface area contributed by atoms with Crippen LogP contribution in [-0.2, 0) is 0 Å². The third-order valence-corrected chi connectivity index (χ3v) is 2.03. The molecule has 0 atom stereocenters. The molecule has 0 saturated carbocycles. The molecule has 0 aromatic carbocycles. The van der Waals surface area contributed by atoms with Gasteiger partial charge in [-0.15, -0.1) is 0 Å². The first-order valence-electron chi connectivity index (χ1n) is 3.99. The smallest absolute Gasteiger partial charge is 0.282 e. The molecule has 0 aliphatic rings. The van der Waals surface area contributed by atoms with Gasteiger partial charge in [-0.05, 0) is 25.1 Å². The van der Waals surface area contributed by atoms with Gasteiger partial charge in [0.2, 0.25) is 0 Å². The Labute approximate surface area is 84.5 Å². The van der Waals surface area contributed by atoms with Crippen molar-refractivity contribution >= 4 is 11.6 Å². The van der Waals surface area contributed by atoms with Crippen LogP contribution in [0.1, 0.15) is 5.76 Å². The molecule has 0 aliphatic carbocycles. The topological polar surface area (TPSA) is 58.9 Å². The largest absolute Gasteiger partial charge is 0.460 e. The average molecular weight is 211 g/mol. The number of hydrogen-bond donors (Lipinski definition) is 1. The van der Waals surface area contributed by atoms with Crippen molar-refractivity contribution < 1.29 is 4.42 Å². The predicted octanol–water partition coefficient (Wildman–Crippen LogP) is 1.99. The van der Waals surface area contributed by atoms with Crippen molar-refractivity contribution in [2.45, 2.75) is 6.92 Å². The second-order valence-corrected chi connectivity index (χ2v) is 3.25. The molecule has 0 fully saturated rings. The molecule has 4 nitrogen and oxygen atoms in total. The standard InChI is InChI=1S/C9H7ClN2O2/c1-5-2-3-8(14-5)7-4-6(10)9(13)12-11-7/h2-4H,1H3,(H,12,13). The van der Waals surface area contributed by atoms with Crippen molar-refractivity contribution in [3.05, 3.63) is 39.3 Å². The van der Waals surface area contributed by atoms with Crippen molar-refractivity contribution in [1.29, 1.82) is 0 Å². The number of aryl methyl sites for hydroxylation is 1. The van der Waals surface area contributed by atoms with Crippen LogP contribution < -0.4 is 5.56 Å². The molecule has 0 saturated heterocycles. The number of nitrogens with zero attached hydrogens (tertiary/aromatic N) is 1. The first kappa shape index (κ1) is 9.02. The summed E-state index contributed by atoms with van der Waals surface area (Å²) < 4.78 is 5.32. The highest BCUT2D eigenvalue weighted by Crippen LogP contribution is 2.19. The number of nitrogens with one attached hydrogen (secondary N) is 1. The second kappa shape index (κ2) is 3.31. The highest BCUT2D eigenvalue weighted by atomic mass is 35.5. The van der Waals surface area contributed by atoms with Gasteiger partial charge in [-0.25, -0.2) is 5.10 Å². The summed E-state index contributed by atoms with van der Waals surface area (Å²) in [6.45, 7) is 1.83. The van der Waals surface area contributed by atoms with Crippen molar-refractivity contribution in [3.63, 3.8) is 0 Å². The Bertz CT molecular complexity index is 516. The maximum atomic E-state index is 10.9. The first-order chi connectivity index (χ1) is 6.66. The van der Waals surface area contributed by atoms with Gasteiger partial charge in [-0.3, -0.25) is 4.79 Å². The summed E-state index contributed by atoms with van der Waals surface area (Å²) >= 11 is 5.65. The molecule has 0 radical (unpaired) electrons. The number of aromatic nitrogens is 2. The lowest BCUT2D eigenvalue weighted by Gasteiger charge is -1.94. The van der Waals surface area contributed by atoms with Crippen molar-refractivity contribution in [2.75, 3.05) is 0 Å². The van der Waals surface area contributed by atoms with Crippen LogP contribution in [0.25, 0.3) is 11.5 Å². The van der Waals surface area contributed by atoms with Crippen LogP contribution in [0.15, 0.2) is 27.4 Å². The molecule has 0 spiro atoms. The van der Waals surface area contributed by atoms with E-state index in [0.717, 1.165) is 5.76 Å². The quantitative estimate of drug-likeness (QED) is 0.783. The summed E-state index contributed by atoms with van der Waals surface area (Å²) in [7, 11) is 0. The molecule has 2 aromatic rings. The normalized spacial score (nSPS) is 10.4. The van der Waals surface area contributed by atoms with Crippen molar-refractivity contribution in [1.82, 2.24) is 10.2 Å². The van der Waals surface area contributed by atoms with E-state index in [9.17, 15) is 4.79 Å². The summed E-state index contributed by atoms with van der Waals surface area (Å²) in [5, 5.41) is 6.19. The Morgan fingerprint density at radius 3 is 2.86 bits per heavy atom. The van der Waals surface area contributed by atoms with E-state index in [1.165, 1.54) is 6.07 Å². The summed E-state index contributed by atoms with van der Waals surface area (Å²) in [6.07, 6.45) is 0. The number of H-pyrrole nitrogens is 1. The Hall–Kier alpha value is -1.55. The molecule has 0 unspecified atom stereocenters. The maximum absolute atomic E-state index is 10.9. The van der Waals surface area contributed by atoms with Crippen molar-refractivity contribution in [3.8, 4) is 11.5 Å². The number of aromatic amines is 1. The highest BCUT2D eigenvalue weighted by molar-refractivity contribution is 6.30. The van der Waals surface area contributed by atoms with Crippen molar-refractivity contribution in [2.24, 2.45) is 0 Å². The fraction of sp³-hybridized carbons (Fsp3) is 0.111. The molecule has 2 rings (SSSR count). The van der Waals surface area contributed by atoms with Gasteiger partial charge in [-0.1, -0.05) is 11.6 Å². The van der Waals surface area contributed by atoms with Gasteiger partial charge < -0.3 is 4.42 Å². The Morgan fingerprint density at radius 2 is 2.29 bits per heavy atom. The van der Waals surface area contributed by atoms with E-state index in [1.54, 1.807) is 6.07 Å². The lowest BCUT2D eigenvalue weighted by Crippen LogP contribution is -2.08. The van der Waals surface area contributed by atoms with Crippen LogP contribution in [0.2, 0.25) is 5.02 Å². The van der Waals surface area contributed by atoms with E-state index in [2.05, 4.69) is 10.2 Å². The van der Waals surface area contributed by atoms with Gasteiger partial charge >= 0.3 is 0 Å². The zero-order valence-corrected chi connectivity index (χ0v) is 8.13. The first-order valence-corrected chi connectivity index (χ1v) is 4.36. The van der Waals surface area contributed by atoms with E-state index < -0.39 is 5.56 Å². The van der Waals surface area contributed by atoms with Crippen LogP contribution >= 0.6 is 11.6 Å². The van der Waals surface area contributed by atoms with E-state index in [1.807, 2.05) is 13.0 Å². The van der Waals surface area contributed by atoms with E-state index in [0.29, 0.717) is 11.5 Å². The third-order valence-electron chi connectivity index (χ3n) is 1.75. The fourth-order valence-electron chi connectivity index (χ4n) is 1.08. The molecule has 5 heteroatoms. The number of hydrogen-bond acceptors (Lipinski definition) is 3. The van der Waals surface area contributed by atoms with Gasteiger partial charge in [0.1, 0.15) is 16.5 Å². The Kier molecular flexibility index (Phi) is 2.13. The summed E-state index contributed by atoms with van der Waals surface area (Å²) in [5.41, 5.74) is 0.112. The minimum absolute atomic E-state index is 0.101. The highest BCUT2D eigenvalue weighted by Gasteiger charge is 2.06. The Balaban J connectivity index is 2.52. The molecule has 1 N–H and O–H groups in total. The number of furan rings is 1. The van der Waals surface area contributed by atoms with Gasteiger partial charge in [0, 0.05) is 0 Å². The zero-order valence-electron chi connectivity index (χ0n) is 7.37. The third kappa shape index (κ3) is 1.56. The second-order valence-electron chi connectivity index (χ2n) is 2.84. The van der Waals surface area contributed by atoms with E-state index in [4.69, 9.17) is 16.0 Å². The summed E-state index contributed by atoms with van der Waals surface area (Å²) in [6, 6.07) is 5.06. The van der Waals surface area contributed by atoms with Crippen LogP contribution in [0.4, 0.5) is 0 Å². The molecule has 0 amide bonds. The molecular weight excluding hydrogens is 204 g/mol. The lowest BCUT2D eigenvalue weighted by atomic mass is 10.3. The molecule has 2 heterocycles. The predicted molar refractivity (Wildman–Crippen MR) is 52.3 cm³/mol. The number of rotatable bonds is 1. The van der Waals surface area contributed by atoms with Crippen LogP contribution in [0, 0.1) is 6.92 Å². The molecule has 0 bridgehead atoms. The van der Waals surface area contributed by atoms with E-state index in [-0.39, 0.29) is 5.02 Å². The van der Waals surface area contributed by atoms with Gasteiger partial charge in [0.05, 0.1) is 0 Å². The maximum Gasteiger partial charge on any atom is 0.282 e. The SMILES string of the molecule is Cc1ccc(-c2cc(Cl)c(=O)[nH]n2)o1. The van der Waals surface area contributed by atoms with Crippen LogP contribution in [0.5, 0.6) is 0 Å². The van der Waals surface area contributed by atoms with Crippen LogP contribution in [-0.4, -0.2) is 10.2 Å². The zero-order chi connectivity index (χ0) is 10.1. The van der Waals surface area contributed by atoms with Crippen LogP contribution in [0.3, 0.4) is 0 Å². The molecule has 0 aliphatic heterocycles. The minimum Gasteiger partial charge on any atom is -0.460 e.